The Morgan fingerprint density at radius 1 is 1.53 bits per heavy atom. The van der Waals surface area contributed by atoms with Gasteiger partial charge in [-0.15, -0.1) is 10.2 Å². The van der Waals surface area contributed by atoms with E-state index in [4.69, 9.17) is 11.6 Å². The third-order valence-electron chi connectivity index (χ3n) is 2.06. The van der Waals surface area contributed by atoms with Crippen LogP contribution in [0.5, 0.6) is 0 Å². The number of anilines is 1. The van der Waals surface area contributed by atoms with Crippen molar-refractivity contribution in [1.82, 2.24) is 20.0 Å². The second-order valence-electron chi connectivity index (χ2n) is 3.58. The highest BCUT2D eigenvalue weighted by atomic mass is 35.5. The van der Waals surface area contributed by atoms with Crippen molar-refractivity contribution in [1.29, 1.82) is 0 Å². The van der Waals surface area contributed by atoms with Gasteiger partial charge < -0.3 is 10.4 Å². The molecule has 0 aliphatic carbocycles. The van der Waals surface area contributed by atoms with Crippen LogP contribution in [0.4, 0.5) is 5.82 Å². The molecule has 0 bridgehead atoms. The molecule has 2 heterocycles. The molecule has 0 spiro atoms. The fourth-order valence-corrected chi connectivity index (χ4v) is 1.46. The minimum absolute atomic E-state index is 0.290. The summed E-state index contributed by atoms with van der Waals surface area (Å²) in [4.78, 5) is 0. The highest BCUT2D eigenvalue weighted by Crippen LogP contribution is 2.18. The van der Waals surface area contributed by atoms with Crippen LogP contribution in [0.2, 0.25) is 5.15 Å². The maximum atomic E-state index is 9.23. The molecular formula is C10H12ClN5O. The Morgan fingerprint density at radius 2 is 2.35 bits per heavy atom. The molecule has 2 rings (SSSR count). The summed E-state index contributed by atoms with van der Waals surface area (Å²) in [7, 11) is 0. The van der Waals surface area contributed by atoms with Crippen LogP contribution in [-0.4, -0.2) is 37.7 Å². The zero-order valence-corrected chi connectivity index (χ0v) is 9.96. The van der Waals surface area contributed by atoms with Crippen LogP contribution in [0.25, 0.3) is 5.69 Å². The molecule has 90 valence electrons. The van der Waals surface area contributed by atoms with E-state index in [0.29, 0.717) is 18.1 Å². The molecule has 0 aliphatic heterocycles. The molecule has 0 fully saturated rings. The standard InChI is InChI=1S/C10H12ClN5O/c1-7(17)6-12-10-8(5-9(11)14-15-10)16-4-2-3-13-16/h2-5,7,17H,6H2,1H3,(H,12,15)/t7-/m1/s1. The molecule has 0 saturated heterocycles. The fraction of sp³-hybridized carbons (Fsp3) is 0.300. The first-order valence-corrected chi connectivity index (χ1v) is 5.50. The van der Waals surface area contributed by atoms with Gasteiger partial charge >= 0.3 is 0 Å². The number of aliphatic hydroxyl groups excluding tert-OH is 1. The van der Waals surface area contributed by atoms with Crippen molar-refractivity contribution in [2.75, 3.05) is 11.9 Å². The first-order chi connectivity index (χ1) is 8.16. The van der Waals surface area contributed by atoms with E-state index in [1.165, 1.54) is 0 Å². The van der Waals surface area contributed by atoms with Crippen LogP contribution in [0.15, 0.2) is 24.5 Å². The molecule has 0 aromatic carbocycles. The van der Waals surface area contributed by atoms with Gasteiger partial charge in [0.25, 0.3) is 0 Å². The Hall–Kier alpha value is -1.66. The van der Waals surface area contributed by atoms with Crippen molar-refractivity contribution in [3.05, 3.63) is 29.7 Å². The molecular weight excluding hydrogens is 242 g/mol. The minimum Gasteiger partial charge on any atom is -0.392 e. The molecule has 2 aromatic rings. The number of rotatable bonds is 4. The van der Waals surface area contributed by atoms with Gasteiger partial charge in [-0.1, -0.05) is 11.6 Å². The molecule has 17 heavy (non-hydrogen) atoms. The fourth-order valence-electron chi connectivity index (χ4n) is 1.32. The molecule has 2 N–H and O–H groups in total. The zero-order valence-electron chi connectivity index (χ0n) is 9.21. The van der Waals surface area contributed by atoms with Gasteiger partial charge in [0, 0.05) is 25.0 Å². The van der Waals surface area contributed by atoms with Crippen LogP contribution < -0.4 is 5.32 Å². The molecule has 0 amide bonds. The Kier molecular flexibility index (Phi) is 3.55. The van der Waals surface area contributed by atoms with Gasteiger partial charge in [-0.25, -0.2) is 4.68 Å². The maximum absolute atomic E-state index is 9.23. The second-order valence-corrected chi connectivity index (χ2v) is 3.97. The second kappa shape index (κ2) is 5.11. The third-order valence-corrected chi connectivity index (χ3v) is 2.24. The van der Waals surface area contributed by atoms with E-state index in [2.05, 4.69) is 20.6 Å². The van der Waals surface area contributed by atoms with Crippen molar-refractivity contribution in [2.45, 2.75) is 13.0 Å². The summed E-state index contributed by atoms with van der Waals surface area (Å²) in [5, 5.41) is 24.3. The average molecular weight is 254 g/mol. The van der Waals surface area contributed by atoms with Gasteiger partial charge in [0.15, 0.2) is 11.0 Å². The third kappa shape index (κ3) is 2.92. The van der Waals surface area contributed by atoms with Crippen LogP contribution in [0, 0.1) is 0 Å². The van der Waals surface area contributed by atoms with Crippen LogP contribution in [0.1, 0.15) is 6.92 Å². The van der Waals surface area contributed by atoms with Gasteiger partial charge in [-0.2, -0.15) is 5.10 Å². The Morgan fingerprint density at radius 3 is 3.00 bits per heavy atom. The first-order valence-electron chi connectivity index (χ1n) is 5.12. The number of aromatic nitrogens is 4. The molecule has 7 heteroatoms. The Labute approximate surface area is 103 Å². The minimum atomic E-state index is -0.474. The van der Waals surface area contributed by atoms with Crippen molar-refractivity contribution in [3.63, 3.8) is 0 Å². The maximum Gasteiger partial charge on any atom is 0.174 e. The summed E-state index contributed by atoms with van der Waals surface area (Å²) >= 11 is 5.80. The molecule has 1 atom stereocenters. The lowest BCUT2D eigenvalue weighted by Gasteiger charge is -2.11. The van der Waals surface area contributed by atoms with Crippen LogP contribution >= 0.6 is 11.6 Å². The largest absolute Gasteiger partial charge is 0.392 e. The summed E-state index contributed by atoms with van der Waals surface area (Å²) in [6.45, 7) is 2.06. The highest BCUT2D eigenvalue weighted by molar-refractivity contribution is 6.29. The van der Waals surface area contributed by atoms with Gasteiger partial charge in [0.05, 0.1) is 6.10 Å². The topological polar surface area (TPSA) is 75.9 Å². The Bertz CT molecular complexity index is 485. The number of hydrogen-bond donors (Lipinski definition) is 2. The monoisotopic (exact) mass is 253 g/mol. The zero-order chi connectivity index (χ0) is 12.3. The van der Waals surface area contributed by atoms with E-state index in [9.17, 15) is 5.11 Å². The molecule has 0 radical (unpaired) electrons. The quantitative estimate of drug-likeness (QED) is 0.854. The SMILES string of the molecule is C[C@@H](O)CNc1nnc(Cl)cc1-n1cccn1. The lowest BCUT2D eigenvalue weighted by molar-refractivity contribution is 0.208. The molecule has 0 aliphatic rings. The highest BCUT2D eigenvalue weighted by Gasteiger charge is 2.09. The van der Waals surface area contributed by atoms with E-state index < -0.39 is 6.10 Å². The van der Waals surface area contributed by atoms with Crippen molar-refractivity contribution in [3.8, 4) is 5.69 Å². The number of nitrogens with one attached hydrogen (secondary N) is 1. The van der Waals surface area contributed by atoms with E-state index in [1.54, 1.807) is 36.1 Å². The molecule has 2 aromatic heterocycles. The van der Waals surface area contributed by atoms with Gasteiger partial charge in [0.1, 0.15) is 5.69 Å². The molecule has 0 saturated carbocycles. The van der Waals surface area contributed by atoms with E-state index in [0.717, 1.165) is 0 Å². The van der Waals surface area contributed by atoms with E-state index >= 15 is 0 Å². The Balaban J connectivity index is 2.31. The lowest BCUT2D eigenvalue weighted by Crippen LogP contribution is -2.18. The summed E-state index contributed by atoms with van der Waals surface area (Å²) in [5.74, 6) is 0.527. The van der Waals surface area contributed by atoms with Gasteiger partial charge in [-0.05, 0) is 13.0 Å². The summed E-state index contributed by atoms with van der Waals surface area (Å²) in [6, 6.07) is 3.46. The van der Waals surface area contributed by atoms with Crippen molar-refractivity contribution >= 4 is 17.4 Å². The van der Waals surface area contributed by atoms with E-state index in [-0.39, 0.29) is 5.15 Å². The van der Waals surface area contributed by atoms with Crippen LogP contribution in [0.3, 0.4) is 0 Å². The van der Waals surface area contributed by atoms with Gasteiger partial charge in [0.2, 0.25) is 0 Å². The number of aliphatic hydroxyl groups is 1. The van der Waals surface area contributed by atoms with Crippen LogP contribution in [-0.2, 0) is 0 Å². The first kappa shape index (κ1) is 11.8. The normalized spacial score (nSPS) is 12.4. The van der Waals surface area contributed by atoms with Crippen molar-refractivity contribution < 1.29 is 5.11 Å². The smallest absolute Gasteiger partial charge is 0.174 e. The number of halogens is 1. The average Bonchev–Trinajstić information content (AvgIpc) is 2.80. The summed E-state index contributed by atoms with van der Waals surface area (Å²) < 4.78 is 1.63. The summed E-state index contributed by atoms with van der Waals surface area (Å²) in [5.41, 5.74) is 0.690. The predicted octanol–water partition coefficient (Wildman–Crippen LogP) is 1.11. The molecule has 0 unspecified atom stereocenters. The number of hydrogen-bond acceptors (Lipinski definition) is 5. The predicted molar refractivity (Wildman–Crippen MR) is 64.3 cm³/mol. The van der Waals surface area contributed by atoms with E-state index in [1.807, 2.05) is 0 Å². The lowest BCUT2D eigenvalue weighted by atomic mass is 10.3. The molecule has 6 nitrogen and oxygen atoms in total. The van der Waals surface area contributed by atoms with Crippen molar-refractivity contribution in [2.24, 2.45) is 0 Å². The number of nitrogens with zero attached hydrogens (tertiary/aromatic N) is 4. The van der Waals surface area contributed by atoms with Gasteiger partial charge in [-0.3, -0.25) is 0 Å². The summed E-state index contributed by atoms with van der Waals surface area (Å²) in [6.07, 6.45) is 2.96.